The van der Waals surface area contributed by atoms with Crippen LogP contribution in [0.5, 0.6) is 0 Å². The Morgan fingerprint density at radius 1 is 1.33 bits per heavy atom. The summed E-state index contributed by atoms with van der Waals surface area (Å²) < 4.78 is 6.07. The summed E-state index contributed by atoms with van der Waals surface area (Å²) in [5, 5.41) is 3.69. The minimum Gasteiger partial charge on any atom is -0.456 e. The quantitative estimate of drug-likeness (QED) is 0.829. The van der Waals surface area contributed by atoms with Gasteiger partial charge in [-0.05, 0) is 25.0 Å². The topological polar surface area (TPSA) is 68.3 Å². The van der Waals surface area contributed by atoms with Gasteiger partial charge in [0.15, 0.2) is 6.61 Å². The fourth-order valence-electron chi connectivity index (χ4n) is 1.95. The zero-order chi connectivity index (χ0) is 14.7. The Kier molecular flexibility index (Phi) is 4.15. The number of hydrogen-bond donors (Lipinski definition) is 1. The maximum atomic E-state index is 11.6. The first-order valence-corrected chi connectivity index (χ1v) is 7.82. The summed E-state index contributed by atoms with van der Waals surface area (Å²) in [4.78, 5) is 27.5. The summed E-state index contributed by atoms with van der Waals surface area (Å²) >= 11 is 1.58. The number of thiazole rings is 1. The highest BCUT2D eigenvalue weighted by Crippen LogP contribution is 2.22. The average molecular weight is 304 g/mol. The molecule has 1 N–H and O–H groups in total. The number of fused-ring (bicyclic) bond motifs is 1. The predicted octanol–water partition coefficient (Wildman–Crippen LogP) is 2.05. The lowest BCUT2D eigenvalue weighted by atomic mass is 10.3. The van der Waals surface area contributed by atoms with E-state index < -0.39 is 0 Å². The van der Waals surface area contributed by atoms with Gasteiger partial charge in [-0.25, -0.2) is 4.98 Å². The maximum absolute atomic E-state index is 11.6. The third-order valence-corrected chi connectivity index (χ3v) is 4.28. The lowest BCUT2D eigenvalue weighted by Crippen LogP contribution is -2.30. The molecule has 0 saturated heterocycles. The normalized spacial score (nSPS) is 14.1. The van der Waals surface area contributed by atoms with Gasteiger partial charge in [0.2, 0.25) is 0 Å². The van der Waals surface area contributed by atoms with Crippen molar-refractivity contribution in [1.82, 2.24) is 10.3 Å². The second-order valence-corrected chi connectivity index (χ2v) is 6.19. The number of carbonyl (C=O) groups excluding carboxylic acids is 2. The number of carbonyl (C=O) groups is 2. The standard InChI is InChI=1S/C15H16N2O3S/c18-13(16-10-5-6-10)9-20-15(19)8-7-14-17-11-3-1-2-4-12(11)21-14/h1-4,10H,5-9H2,(H,16,18). The molecule has 1 aliphatic rings. The molecule has 0 aliphatic heterocycles. The van der Waals surface area contributed by atoms with Crippen molar-refractivity contribution in [3.63, 3.8) is 0 Å². The van der Waals surface area contributed by atoms with Crippen LogP contribution in [0.15, 0.2) is 24.3 Å². The molecular weight excluding hydrogens is 288 g/mol. The monoisotopic (exact) mass is 304 g/mol. The van der Waals surface area contributed by atoms with Crippen LogP contribution in [-0.2, 0) is 20.7 Å². The van der Waals surface area contributed by atoms with Crippen LogP contribution in [0.25, 0.3) is 10.2 Å². The number of ether oxygens (including phenoxy) is 1. The Morgan fingerprint density at radius 3 is 2.90 bits per heavy atom. The van der Waals surface area contributed by atoms with Gasteiger partial charge in [-0.3, -0.25) is 9.59 Å². The van der Waals surface area contributed by atoms with Crippen molar-refractivity contribution in [3.05, 3.63) is 29.3 Å². The first-order valence-electron chi connectivity index (χ1n) is 7.00. The smallest absolute Gasteiger partial charge is 0.306 e. The Balaban J connectivity index is 1.43. The van der Waals surface area contributed by atoms with Crippen LogP contribution < -0.4 is 5.32 Å². The molecule has 6 heteroatoms. The molecule has 0 bridgehead atoms. The molecule has 1 aromatic carbocycles. The van der Waals surface area contributed by atoms with Crippen LogP contribution in [0.3, 0.4) is 0 Å². The maximum Gasteiger partial charge on any atom is 0.306 e. The molecule has 1 heterocycles. The molecule has 0 spiro atoms. The van der Waals surface area contributed by atoms with Crippen LogP contribution in [0.2, 0.25) is 0 Å². The highest BCUT2D eigenvalue weighted by molar-refractivity contribution is 7.18. The first kappa shape index (κ1) is 14.0. The van der Waals surface area contributed by atoms with Crippen molar-refractivity contribution >= 4 is 33.4 Å². The van der Waals surface area contributed by atoms with Crippen molar-refractivity contribution in [2.24, 2.45) is 0 Å². The van der Waals surface area contributed by atoms with Crippen molar-refractivity contribution in [2.75, 3.05) is 6.61 Å². The van der Waals surface area contributed by atoms with Gasteiger partial charge in [0.1, 0.15) is 0 Å². The van der Waals surface area contributed by atoms with Gasteiger partial charge in [-0.15, -0.1) is 11.3 Å². The number of esters is 1. The van der Waals surface area contributed by atoms with Crippen molar-refractivity contribution in [2.45, 2.75) is 31.7 Å². The van der Waals surface area contributed by atoms with E-state index in [9.17, 15) is 9.59 Å². The second-order valence-electron chi connectivity index (χ2n) is 5.08. The molecule has 0 radical (unpaired) electrons. The van der Waals surface area contributed by atoms with Crippen LogP contribution in [0.1, 0.15) is 24.3 Å². The van der Waals surface area contributed by atoms with E-state index in [0.717, 1.165) is 28.1 Å². The second kappa shape index (κ2) is 6.22. The summed E-state index contributed by atoms with van der Waals surface area (Å²) in [7, 11) is 0. The Morgan fingerprint density at radius 2 is 2.14 bits per heavy atom. The van der Waals surface area contributed by atoms with Gasteiger partial charge in [-0.1, -0.05) is 12.1 Å². The molecule has 1 aromatic heterocycles. The number of benzene rings is 1. The van der Waals surface area contributed by atoms with Gasteiger partial charge >= 0.3 is 5.97 Å². The number of para-hydroxylation sites is 1. The van der Waals surface area contributed by atoms with E-state index in [4.69, 9.17) is 4.74 Å². The number of aromatic nitrogens is 1. The summed E-state index contributed by atoms with van der Waals surface area (Å²) in [5.41, 5.74) is 0.953. The molecule has 0 atom stereocenters. The summed E-state index contributed by atoms with van der Waals surface area (Å²) in [6.07, 6.45) is 2.84. The summed E-state index contributed by atoms with van der Waals surface area (Å²) in [6, 6.07) is 8.17. The van der Waals surface area contributed by atoms with Crippen molar-refractivity contribution < 1.29 is 14.3 Å². The molecule has 21 heavy (non-hydrogen) atoms. The molecule has 1 fully saturated rings. The van der Waals surface area contributed by atoms with E-state index in [2.05, 4.69) is 10.3 Å². The number of aryl methyl sites for hydroxylation is 1. The molecule has 2 aromatic rings. The van der Waals surface area contributed by atoms with Crippen LogP contribution >= 0.6 is 11.3 Å². The fraction of sp³-hybridized carbons (Fsp3) is 0.400. The van der Waals surface area contributed by atoms with Gasteiger partial charge < -0.3 is 10.1 Å². The molecule has 1 amide bonds. The van der Waals surface area contributed by atoms with Crippen molar-refractivity contribution in [1.29, 1.82) is 0 Å². The Bertz CT molecular complexity index is 631. The van der Waals surface area contributed by atoms with E-state index in [1.54, 1.807) is 11.3 Å². The van der Waals surface area contributed by atoms with E-state index in [1.807, 2.05) is 24.3 Å². The van der Waals surface area contributed by atoms with E-state index in [0.29, 0.717) is 12.5 Å². The van der Waals surface area contributed by atoms with Crippen LogP contribution in [-0.4, -0.2) is 29.5 Å². The van der Waals surface area contributed by atoms with Crippen molar-refractivity contribution in [3.8, 4) is 0 Å². The van der Waals surface area contributed by atoms with Gasteiger partial charge in [0.25, 0.3) is 5.91 Å². The number of rotatable bonds is 6. The van der Waals surface area contributed by atoms with Gasteiger partial charge in [0.05, 0.1) is 21.6 Å². The molecule has 0 unspecified atom stereocenters. The zero-order valence-electron chi connectivity index (χ0n) is 11.5. The third kappa shape index (κ3) is 4.01. The molecule has 1 saturated carbocycles. The highest BCUT2D eigenvalue weighted by atomic mass is 32.1. The Hall–Kier alpha value is -1.95. The lowest BCUT2D eigenvalue weighted by molar-refractivity contribution is -0.148. The molecule has 3 rings (SSSR count). The first-order chi connectivity index (χ1) is 10.2. The highest BCUT2D eigenvalue weighted by Gasteiger charge is 2.23. The van der Waals surface area contributed by atoms with E-state index in [-0.39, 0.29) is 24.9 Å². The van der Waals surface area contributed by atoms with E-state index in [1.165, 1.54) is 0 Å². The molecule has 110 valence electrons. The molecule has 1 aliphatic carbocycles. The minimum atomic E-state index is -0.361. The van der Waals surface area contributed by atoms with Crippen LogP contribution in [0.4, 0.5) is 0 Å². The number of hydrogen-bond acceptors (Lipinski definition) is 5. The fourth-order valence-corrected chi connectivity index (χ4v) is 2.92. The SMILES string of the molecule is O=C(COC(=O)CCc1nc2ccccc2s1)NC1CC1. The Labute approximate surface area is 126 Å². The molecule has 5 nitrogen and oxygen atoms in total. The average Bonchev–Trinajstić information content (AvgIpc) is 3.18. The lowest BCUT2D eigenvalue weighted by Gasteiger charge is -2.04. The number of amides is 1. The summed E-state index contributed by atoms with van der Waals surface area (Å²) in [5.74, 6) is -0.578. The summed E-state index contributed by atoms with van der Waals surface area (Å²) in [6.45, 7) is -0.185. The predicted molar refractivity (Wildman–Crippen MR) is 80.1 cm³/mol. The number of nitrogens with one attached hydrogen (secondary N) is 1. The van der Waals surface area contributed by atoms with Gasteiger partial charge in [-0.2, -0.15) is 0 Å². The largest absolute Gasteiger partial charge is 0.456 e. The van der Waals surface area contributed by atoms with E-state index >= 15 is 0 Å². The van der Waals surface area contributed by atoms with Crippen LogP contribution in [0, 0.1) is 0 Å². The van der Waals surface area contributed by atoms with Gasteiger partial charge in [0, 0.05) is 12.5 Å². The zero-order valence-corrected chi connectivity index (χ0v) is 12.3. The molecular formula is C15H16N2O3S. The minimum absolute atomic E-state index is 0.185. The third-order valence-electron chi connectivity index (χ3n) is 3.19. The number of nitrogens with zero attached hydrogens (tertiary/aromatic N) is 1.